The van der Waals surface area contributed by atoms with E-state index >= 15 is 0 Å². The average Bonchev–Trinajstić information content (AvgIpc) is 3.23. The van der Waals surface area contributed by atoms with Gasteiger partial charge in [-0.25, -0.2) is 4.98 Å². The third kappa shape index (κ3) is 5.02. The van der Waals surface area contributed by atoms with Crippen molar-refractivity contribution in [3.63, 3.8) is 0 Å². The van der Waals surface area contributed by atoms with Crippen LogP contribution in [0.1, 0.15) is 12.6 Å². The molecule has 1 aliphatic rings. The zero-order valence-electron chi connectivity index (χ0n) is 19.3. The molecule has 0 saturated heterocycles. The Labute approximate surface area is 206 Å². The molecule has 1 amide bonds. The van der Waals surface area contributed by atoms with Gasteiger partial charge in [0.05, 0.1) is 43.4 Å². The lowest BCUT2D eigenvalue weighted by Crippen LogP contribution is -2.24. The number of carbonyl (C=O) groups excluding carboxylic acids is 1. The number of rotatable bonds is 8. The maximum Gasteiger partial charge on any atom is 0.272 e. The van der Waals surface area contributed by atoms with Crippen LogP contribution in [0.3, 0.4) is 0 Å². The van der Waals surface area contributed by atoms with Gasteiger partial charge >= 0.3 is 0 Å². The Bertz CT molecular complexity index is 1260. The zero-order valence-corrected chi connectivity index (χ0v) is 20.9. The molecular formula is C24H25N3O5S2. The van der Waals surface area contributed by atoms with Gasteiger partial charge in [-0.15, -0.1) is 11.8 Å². The normalized spacial score (nSPS) is 14.4. The Morgan fingerprint density at radius 1 is 1.12 bits per heavy atom. The van der Waals surface area contributed by atoms with Crippen molar-refractivity contribution in [1.82, 2.24) is 9.55 Å². The van der Waals surface area contributed by atoms with Crippen molar-refractivity contribution in [2.45, 2.75) is 28.6 Å². The maximum atomic E-state index is 13.4. The van der Waals surface area contributed by atoms with Crippen LogP contribution in [0.4, 0.5) is 5.69 Å². The molecule has 1 unspecified atom stereocenters. The van der Waals surface area contributed by atoms with Crippen LogP contribution in [0.5, 0.6) is 17.2 Å². The summed E-state index contributed by atoms with van der Waals surface area (Å²) in [5, 5.41) is 3.62. The summed E-state index contributed by atoms with van der Waals surface area (Å²) in [6.07, 6.45) is 0.726. The molecule has 2 heterocycles. The fraction of sp³-hybridized carbons (Fsp3) is 0.292. The number of thioether (sulfide) groups is 2. The number of nitrogens with zero attached hydrogens (tertiary/aromatic N) is 2. The summed E-state index contributed by atoms with van der Waals surface area (Å²) in [6, 6.07) is 12.4. The van der Waals surface area contributed by atoms with Crippen LogP contribution in [0, 0.1) is 0 Å². The first-order chi connectivity index (χ1) is 16.4. The van der Waals surface area contributed by atoms with Gasteiger partial charge in [0.15, 0.2) is 16.7 Å². The molecule has 2 aromatic carbocycles. The third-order valence-corrected chi connectivity index (χ3v) is 7.37. The predicted molar refractivity (Wildman–Crippen MR) is 134 cm³/mol. The molecule has 3 aromatic rings. The van der Waals surface area contributed by atoms with E-state index in [1.807, 2.05) is 12.1 Å². The average molecular weight is 500 g/mol. The first-order valence-corrected chi connectivity index (χ1v) is 12.4. The Balaban J connectivity index is 1.58. The van der Waals surface area contributed by atoms with Crippen molar-refractivity contribution >= 4 is 35.1 Å². The van der Waals surface area contributed by atoms with E-state index in [0.29, 0.717) is 38.7 Å². The fourth-order valence-corrected chi connectivity index (χ4v) is 5.52. The molecule has 0 saturated carbocycles. The summed E-state index contributed by atoms with van der Waals surface area (Å²) in [5.41, 5.74) is 1.93. The summed E-state index contributed by atoms with van der Waals surface area (Å²) >= 11 is 2.77. The fourth-order valence-electron chi connectivity index (χ4n) is 3.60. The van der Waals surface area contributed by atoms with E-state index in [1.165, 1.54) is 18.9 Å². The second kappa shape index (κ2) is 10.4. The number of methoxy groups -OCH3 is 3. The van der Waals surface area contributed by atoms with Crippen LogP contribution >= 0.6 is 23.5 Å². The first kappa shape index (κ1) is 24.0. The minimum Gasteiger partial charge on any atom is -0.497 e. The molecule has 10 heteroatoms. The van der Waals surface area contributed by atoms with E-state index in [0.717, 1.165) is 12.1 Å². The molecule has 0 bridgehead atoms. The smallest absolute Gasteiger partial charge is 0.272 e. The lowest BCUT2D eigenvalue weighted by Gasteiger charge is -2.14. The van der Waals surface area contributed by atoms with Crippen molar-refractivity contribution in [3.05, 3.63) is 58.5 Å². The van der Waals surface area contributed by atoms with E-state index in [2.05, 4.69) is 12.2 Å². The Kier molecular flexibility index (Phi) is 7.38. The number of amides is 1. The Morgan fingerprint density at radius 3 is 2.53 bits per heavy atom. The number of nitrogens with one attached hydrogen (secondary N) is 1. The topological polar surface area (TPSA) is 91.7 Å². The van der Waals surface area contributed by atoms with Crippen molar-refractivity contribution in [1.29, 1.82) is 0 Å². The van der Waals surface area contributed by atoms with Gasteiger partial charge < -0.3 is 19.5 Å². The molecule has 8 nitrogen and oxygen atoms in total. The number of aromatic nitrogens is 2. The molecule has 0 aliphatic carbocycles. The van der Waals surface area contributed by atoms with Crippen molar-refractivity contribution in [2.75, 3.05) is 32.4 Å². The summed E-state index contributed by atoms with van der Waals surface area (Å²) < 4.78 is 17.3. The molecule has 178 valence electrons. The van der Waals surface area contributed by atoms with Crippen molar-refractivity contribution in [3.8, 4) is 22.9 Å². The Morgan fingerprint density at radius 2 is 1.85 bits per heavy atom. The SMILES string of the molecule is COc1ccc(-n2c(SCC(=O)Nc3ccc(OC)c(OC)c3)nc3c(c2=O)SC(C)C3)cc1. The third-order valence-electron chi connectivity index (χ3n) is 5.21. The summed E-state index contributed by atoms with van der Waals surface area (Å²) in [6.45, 7) is 2.08. The van der Waals surface area contributed by atoms with E-state index < -0.39 is 0 Å². The minimum absolute atomic E-state index is 0.0818. The predicted octanol–water partition coefficient (Wildman–Crippen LogP) is 4.03. The second-order valence-electron chi connectivity index (χ2n) is 7.55. The highest BCUT2D eigenvalue weighted by molar-refractivity contribution is 8.00. The van der Waals surface area contributed by atoms with Gasteiger partial charge in [0.25, 0.3) is 5.56 Å². The van der Waals surface area contributed by atoms with Gasteiger partial charge in [0.2, 0.25) is 5.91 Å². The maximum absolute atomic E-state index is 13.4. The van der Waals surface area contributed by atoms with Gasteiger partial charge in [-0.3, -0.25) is 14.2 Å². The van der Waals surface area contributed by atoms with Crippen LogP contribution in [0.25, 0.3) is 5.69 Å². The molecule has 1 atom stereocenters. The zero-order chi connectivity index (χ0) is 24.2. The number of hydrogen-bond donors (Lipinski definition) is 1. The molecule has 1 aliphatic heterocycles. The molecule has 1 N–H and O–H groups in total. The van der Waals surface area contributed by atoms with Crippen LogP contribution < -0.4 is 25.1 Å². The van der Waals surface area contributed by atoms with E-state index in [4.69, 9.17) is 19.2 Å². The number of ether oxygens (including phenoxy) is 3. The van der Waals surface area contributed by atoms with Crippen LogP contribution in [-0.4, -0.2) is 47.8 Å². The van der Waals surface area contributed by atoms with Gasteiger partial charge in [0.1, 0.15) is 5.75 Å². The van der Waals surface area contributed by atoms with Gasteiger partial charge in [-0.1, -0.05) is 18.7 Å². The van der Waals surface area contributed by atoms with Crippen molar-refractivity contribution in [2.24, 2.45) is 0 Å². The van der Waals surface area contributed by atoms with Gasteiger partial charge in [0, 0.05) is 23.4 Å². The highest BCUT2D eigenvalue weighted by Crippen LogP contribution is 2.35. The molecule has 0 radical (unpaired) electrons. The molecule has 0 fully saturated rings. The van der Waals surface area contributed by atoms with Crippen LogP contribution in [0.15, 0.2) is 57.3 Å². The van der Waals surface area contributed by atoms with E-state index in [1.54, 1.807) is 60.9 Å². The second-order valence-corrected chi connectivity index (χ2v) is 9.94. The van der Waals surface area contributed by atoms with Crippen LogP contribution in [-0.2, 0) is 11.2 Å². The number of hydrogen-bond acceptors (Lipinski definition) is 8. The number of fused-ring (bicyclic) bond motifs is 1. The van der Waals surface area contributed by atoms with E-state index in [9.17, 15) is 9.59 Å². The van der Waals surface area contributed by atoms with Crippen molar-refractivity contribution < 1.29 is 19.0 Å². The Hall–Kier alpha value is -3.11. The summed E-state index contributed by atoms with van der Waals surface area (Å²) in [4.78, 5) is 31.5. The lowest BCUT2D eigenvalue weighted by atomic mass is 10.2. The quantitative estimate of drug-likeness (QED) is 0.367. The van der Waals surface area contributed by atoms with Gasteiger partial charge in [-0.05, 0) is 36.4 Å². The molecule has 34 heavy (non-hydrogen) atoms. The highest BCUT2D eigenvalue weighted by Gasteiger charge is 2.27. The van der Waals surface area contributed by atoms with Gasteiger partial charge in [-0.2, -0.15) is 0 Å². The highest BCUT2D eigenvalue weighted by atomic mass is 32.2. The summed E-state index contributed by atoms with van der Waals surface area (Å²) in [7, 11) is 4.68. The number of benzene rings is 2. The first-order valence-electron chi connectivity index (χ1n) is 10.5. The molecule has 1 aromatic heterocycles. The standard InChI is InChI=1S/C24H25N3O5S2/c1-14-11-18-22(34-14)23(29)27(16-6-8-17(30-2)9-7-16)24(26-18)33-13-21(28)25-15-5-10-19(31-3)20(12-15)32-4/h5-10,12,14H,11,13H2,1-4H3,(H,25,28). The molecular weight excluding hydrogens is 474 g/mol. The van der Waals surface area contributed by atoms with Crippen LogP contribution in [0.2, 0.25) is 0 Å². The lowest BCUT2D eigenvalue weighted by molar-refractivity contribution is -0.113. The number of anilines is 1. The monoisotopic (exact) mass is 499 g/mol. The summed E-state index contributed by atoms with van der Waals surface area (Å²) in [5.74, 6) is 1.65. The largest absolute Gasteiger partial charge is 0.497 e. The van der Waals surface area contributed by atoms with E-state index in [-0.39, 0.29) is 22.5 Å². The molecule has 4 rings (SSSR count). The minimum atomic E-state index is -0.226. The molecule has 0 spiro atoms. The number of carbonyl (C=O) groups is 1.